The van der Waals surface area contributed by atoms with Crippen molar-refractivity contribution >= 4 is 40.6 Å². The summed E-state index contributed by atoms with van der Waals surface area (Å²) in [6, 6.07) is 0. The average Bonchev–Trinajstić information content (AvgIpc) is 2.53. The van der Waals surface area contributed by atoms with Gasteiger partial charge < -0.3 is 19.7 Å². The molecule has 11 heteroatoms. The Balaban J connectivity index is 2.19. The summed E-state index contributed by atoms with van der Waals surface area (Å²) in [5.74, 6) is -2.58. The molecule has 24 heavy (non-hydrogen) atoms. The molecule has 1 saturated heterocycles. The summed E-state index contributed by atoms with van der Waals surface area (Å²) in [5, 5.41) is -0.959. The lowest BCUT2D eigenvalue weighted by Gasteiger charge is -2.40. The zero-order valence-corrected chi connectivity index (χ0v) is 13.8. The van der Waals surface area contributed by atoms with E-state index in [-0.39, 0.29) is 22.9 Å². The SMILES string of the molecule is CCOC(=O)O[C@H](C)OC(=O)C1=C(C)C(=[N+]=[N-])S[C@H]2C(=O)C(=O)N12. The Kier molecular flexibility index (Phi) is 5.05. The molecule has 0 aromatic carbocycles. The molecule has 2 aliphatic heterocycles. The molecule has 2 rings (SSSR count). The standard InChI is InChI=1S/C13H13N3O7S/c1-4-21-13(20)23-6(3)22-12(19)7-5(2)9(15-14)24-11-8(17)10(18)16(7)11/h6,11H,4H2,1-3H3/t6-,11+/m1/s1. The van der Waals surface area contributed by atoms with E-state index in [0.29, 0.717) is 0 Å². The van der Waals surface area contributed by atoms with Crippen molar-refractivity contribution in [2.45, 2.75) is 32.4 Å². The van der Waals surface area contributed by atoms with Crippen molar-refractivity contribution in [3.8, 4) is 0 Å². The van der Waals surface area contributed by atoms with Gasteiger partial charge >= 0.3 is 17.2 Å². The molecule has 0 aromatic heterocycles. The first kappa shape index (κ1) is 17.7. The van der Waals surface area contributed by atoms with E-state index in [2.05, 4.69) is 14.3 Å². The fourth-order valence-electron chi connectivity index (χ4n) is 2.05. The van der Waals surface area contributed by atoms with Gasteiger partial charge in [-0.3, -0.25) is 14.5 Å². The van der Waals surface area contributed by atoms with Gasteiger partial charge in [0.2, 0.25) is 6.29 Å². The van der Waals surface area contributed by atoms with Gasteiger partial charge in [0.15, 0.2) is 5.37 Å². The van der Waals surface area contributed by atoms with E-state index in [0.717, 1.165) is 16.7 Å². The van der Waals surface area contributed by atoms with Crippen molar-refractivity contribution < 1.29 is 38.2 Å². The van der Waals surface area contributed by atoms with Gasteiger partial charge in [0.25, 0.3) is 11.7 Å². The quantitative estimate of drug-likeness (QED) is 0.177. The normalized spacial score (nSPS) is 20.7. The average molecular weight is 355 g/mol. The monoisotopic (exact) mass is 355 g/mol. The van der Waals surface area contributed by atoms with Crippen molar-refractivity contribution in [1.82, 2.24) is 4.90 Å². The number of rotatable bonds is 4. The second-order valence-electron chi connectivity index (χ2n) is 4.66. The number of Topliss-reactive ketones (excluding diaryl/α,β-unsaturated/α-hetero) is 1. The van der Waals surface area contributed by atoms with E-state index in [1.165, 1.54) is 13.8 Å². The van der Waals surface area contributed by atoms with Crippen molar-refractivity contribution in [2.24, 2.45) is 0 Å². The predicted molar refractivity (Wildman–Crippen MR) is 78.2 cm³/mol. The summed E-state index contributed by atoms with van der Waals surface area (Å²) >= 11 is 0.843. The third kappa shape index (κ3) is 3.03. The van der Waals surface area contributed by atoms with Crippen molar-refractivity contribution in [2.75, 3.05) is 6.61 Å². The predicted octanol–water partition coefficient (Wildman–Crippen LogP) is 0.435. The molecule has 0 aromatic rings. The second-order valence-corrected chi connectivity index (χ2v) is 5.73. The maximum absolute atomic E-state index is 12.3. The zero-order chi connectivity index (χ0) is 18.0. The highest BCUT2D eigenvalue weighted by atomic mass is 32.2. The summed E-state index contributed by atoms with van der Waals surface area (Å²) < 4.78 is 14.2. The number of hydrogen-bond acceptors (Lipinski definition) is 8. The number of carbonyl (C=O) groups is 4. The van der Waals surface area contributed by atoms with Crippen LogP contribution in [0.4, 0.5) is 4.79 Å². The minimum atomic E-state index is -1.29. The largest absolute Gasteiger partial charge is 0.511 e. The van der Waals surface area contributed by atoms with Gasteiger partial charge in [-0.25, -0.2) is 9.59 Å². The second kappa shape index (κ2) is 6.85. The van der Waals surface area contributed by atoms with E-state index < -0.39 is 35.5 Å². The fourth-order valence-corrected chi connectivity index (χ4v) is 3.10. The Morgan fingerprint density at radius 3 is 2.62 bits per heavy atom. The number of fused-ring (bicyclic) bond motifs is 1. The number of esters is 1. The first-order chi connectivity index (χ1) is 11.3. The topological polar surface area (TPSA) is 136 Å². The number of carbonyl (C=O) groups excluding carboxylic acids is 4. The molecule has 0 N–H and O–H groups in total. The van der Waals surface area contributed by atoms with Gasteiger partial charge in [-0.05, 0) is 25.6 Å². The van der Waals surface area contributed by atoms with E-state index in [4.69, 9.17) is 10.3 Å². The Morgan fingerprint density at radius 1 is 1.38 bits per heavy atom. The van der Waals surface area contributed by atoms with Crippen LogP contribution in [0, 0.1) is 0 Å². The molecule has 0 saturated carbocycles. The van der Waals surface area contributed by atoms with Crippen LogP contribution in [0.2, 0.25) is 0 Å². The Morgan fingerprint density at radius 2 is 2.04 bits per heavy atom. The molecule has 1 fully saturated rings. The summed E-state index contributed by atoms with van der Waals surface area (Å²) in [6.07, 6.45) is -2.31. The summed E-state index contributed by atoms with van der Waals surface area (Å²) in [5.41, 5.74) is 8.90. The Hall–Kier alpha value is -2.65. The van der Waals surface area contributed by atoms with Gasteiger partial charge in [-0.1, -0.05) is 0 Å². The number of ketones is 1. The van der Waals surface area contributed by atoms with Crippen LogP contribution < -0.4 is 0 Å². The first-order valence-corrected chi connectivity index (χ1v) is 7.71. The molecular formula is C13H13N3O7S. The molecule has 0 spiro atoms. The third-order valence-electron chi connectivity index (χ3n) is 3.11. The number of thioether (sulfide) groups is 1. The van der Waals surface area contributed by atoms with Gasteiger partial charge in [0.1, 0.15) is 5.70 Å². The fraction of sp³-hybridized carbons (Fsp3) is 0.462. The summed E-state index contributed by atoms with van der Waals surface area (Å²) in [7, 11) is 0. The minimum Gasteiger partial charge on any atom is -0.435 e. The number of nitrogens with zero attached hydrogens (tertiary/aromatic N) is 3. The highest BCUT2D eigenvalue weighted by Crippen LogP contribution is 2.39. The van der Waals surface area contributed by atoms with E-state index in [1.807, 2.05) is 0 Å². The van der Waals surface area contributed by atoms with Crippen LogP contribution in [0.3, 0.4) is 0 Å². The smallest absolute Gasteiger partial charge is 0.435 e. The molecule has 2 heterocycles. The number of β-lactam (4-membered cyclic amide) rings is 1. The number of ether oxygens (including phenoxy) is 3. The molecule has 2 aliphatic rings. The molecule has 0 aliphatic carbocycles. The highest BCUT2D eigenvalue weighted by molar-refractivity contribution is 8.15. The Bertz CT molecular complexity index is 710. The summed E-state index contributed by atoms with van der Waals surface area (Å²) in [4.78, 5) is 50.7. The van der Waals surface area contributed by atoms with Crippen LogP contribution in [-0.2, 0) is 28.6 Å². The molecule has 2 atom stereocenters. The van der Waals surface area contributed by atoms with Crippen LogP contribution >= 0.6 is 11.8 Å². The molecule has 1 amide bonds. The Labute approximate surface area is 140 Å². The minimum absolute atomic E-state index is 0.0167. The van der Waals surface area contributed by atoms with Crippen molar-refractivity contribution in [1.29, 1.82) is 0 Å². The van der Waals surface area contributed by atoms with E-state index >= 15 is 0 Å². The number of amides is 1. The lowest BCUT2D eigenvalue weighted by atomic mass is 10.1. The maximum Gasteiger partial charge on any atom is 0.511 e. The van der Waals surface area contributed by atoms with Gasteiger partial charge in [0, 0.05) is 6.92 Å². The van der Waals surface area contributed by atoms with Crippen LogP contribution in [0.1, 0.15) is 20.8 Å². The highest BCUT2D eigenvalue weighted by Gasteiger charge is 2.56. The molecule has 0 unspecified atom stereocenters. The van der Waals surface area contributed by atoms with Crippen LogP contribution in [0.5, 0.6) is 0 Å². The first-order valence-electron chi connectivity index (χ1n) is 6.83. The van der Waals surface area contributed by atoms with Crippen molar-refractivity contribution in [3.05, 3.63) is 16.8 Å². The van der Waals surface area contributed by atoms with Crippen LogP contribution in [-0.4, -0.2) is 56.8 Å². The molecule has 128 valence electrons. The van der Waals surface area contributed by atoms with Gasteiger partial charge in [-0.2, -0.15) is 4.79 Å². The molecule has 0 bridgehead atoms. The lowest BCUT2D eigenvalue weighted by molar-refractivity contribution is -0.169. The molecule has 0 radical (unpaired) electrons. The zero-order valence-electron chi connectivity index (χ0n) is 13.0. The van der Waals surface area contributed by atoms with E-state index in [9.17, 15) is 19.2 Å². The number of hydrogen-bond donors (Lipinski definition) is 0. The van der Waals surface area contributed by atoms with Crippen LogP contribution in [0.25, 0.3) is 5.53 Å². The maximum atomic E-state index is 12.3. The lowest BCUT2D eigenvalue weighted by Crippen LogP contribution is -2.62. The van der Waals surface area contributed by atoms with Gasteiger partial charge in [-0.15, -0.1) is 0 Å². The molecule has 10 nitrogen and oxygen atoms in total. The van der Waals surface area contributed by atoms with Crippen LogP contribution in [0.15, 0.2) is 11.3 Å². The van der Waals surface area contributed by atoms with Crippen molar-refractivity contribution in [3.63, 3.8) is 0 Å². The van der Waals surface area contributed by atoms with Gasteiger partial charge in [0.05, 0.1) is 12.2 Å². The summed E-state index contributed by atoms with van der Waals surface area (Å²) in [6.45, 7) is 4.38. The third-order valence-corrected chi connectivity index (χ3v) is 4.37. The van der Waals surface area contributed by atoms with E-state index in [1.54, 1.807) is 6.92 Å². The molecular weight excluding hydrogens is 342 g/mol.